The van der Waals surface area contributed by atoms with Crippen molar-refractivity contribution in [1.29, 1.82) is 0 Å². The van der Waals surface area contributed by atoms with Crippen molar-refractivity contribution >= 4 is 39.9 Å². The van der Waals surface area contributed by atoms with Crippen LogP contribution in [-0.2, 0) is 11.3 Å². The lowest BCUT2D eigenvalue weighted by molar-refractivity contribution is 0.124. The molecule has 0 bridgehead atoms. The summed E-state index contributed by atoms with van der Waals surface area (Å²) >= 11 is 7.49. The van der Waals surface area contributed by atoms with Crippen LogP contribution in [0.1, 0.15) is 18.5 Å². The molecule has 1 saturated heterocycles. The van der Waals surface area contributed by atoms with E-state index in [-0.39, 0.29) is 6.04 Å². The van der Waals surface area contributed by atoms with E-state index in [0.29, 0.717) is 22.5 Å². The molecule has 8 nitrogen and oxygen atoms in total. The Bertz CT molecular complexity index is 1290. The zero-order valence-electron chi connectivity index (χ0n) is 19.4. The number of aromatic nitrogens is 2. The topological polar surface area (TPSA) is 81.8 Å². The molecule has 3 aromatic heterocycles. The van der Waals surface area contributed by atoms with Crippen molar-refractivity contribution in [1.82, 2.24) is 19.9 Å². The molecule has 184 valence electrons. The minimum absolute atomic E-state index is 0.0924. The normalized spacial score (nSPS) is 15.0. The first-order valence-electron chi connectivity index (χ1n) is 11.6. The predicted molar refractivity (Wildman–Crippen MR) is 136 cm³/mol. The number of hydrogen-bond acceptors (Lipinski definition) is 7. The van der Waals surface area contributed by atoms with Crippen molar-refractivity contribution in [3.8, 4) is 16.5 Å². The first-order valence-corrected chi connectivity index (χ1v) is 12.8. The molecule has 0 atom stereocenters. The number of piperidine rings is 1. The van der Waals surface area contributed by atoms with Gasteiger partial charge in [0.1, 0.15) is 5.69 Å². The summed E-state index contributed by atoms with van der Waals surface area (Å²) in [6.45, 7) is 3.89. The molecule has 1 aromatic carbocycles. The highest BCUT2D eigenvalue weighted by molar-refractivity contribution is 7.19. The molecule has 1 aliphatic heterocycles. The molecule has 0 aliphatic carbocycles. The maximum Gasteiger partial charge on any atom is 0.414 e. The number of nitrogens with one attached hydrogen (secondary N) is 1. The van der Waals surface area contributed by atoms with E-state index in [1.807, 2.05) is 53.1 Å². The Labute approximate surface area is 212 Å². The first kappa shape index (κ1) is 23.9. The molecule has 1 N–H and O–H groups in total. The van der Waals surface area contributed by atoms with Gasteiger partial charge in [0.05, 0.1) is 27.9 Å². The van der Waals surface area contributed by atoms with E-state index in [1.54, 1.807) is 7.11 Å². The number of thiophene rings is 1. The fourth-order valence-electron chi connectivity index (χ4n) is 4.36. The molecule has 1 fully saturated rings. The summed E-state index contributed by atoms with van der Waals surface area (Å²) < 4.78 is 19.1. The third-order valence-corrected chi connectivity index (χ3v) is 7.43. The molecular formula is C25H27ClN4O4S. The van der Waals surface area contributed by atoms with Gasteiger partial charge in [-0.05, 0) is 31.0 Å². The number of nitrogens with zero attached hydrogens (tertiary/aromatic N) is 3. The average molecular weight is 515 g/mol. The van der Waals surface area contributed by atoms with Crippen LogP contribution in [0.15, 0.2) is 53.1 Å². The molecule has 0 unspecified atom stereocenters. The van der Waals surface area contributed by atoms with Gasteiger partial charge in [0.25, 0.3) is 0 Å². The van der Waals surface area contributed by atoms with Crippen LogP contribution < -0.4 is 10.1 Å². The van der Waals surface area contributed by atoms with Crippen LogP contribution in [0, 0.1) is 0 Å². The van der Waals surface area contributed by atoms with E-state index >= 15 is 0 Å². The molecule has 1 amide bonds. The molecule has 0 saturated carbocycles. The minimum atomic E-state index is -0.446. The lowest BCUT2D eigenvalue weighted by Crippen LogP contribution is -2.46. The minimum Gasteiger partial charge on any atom is -0.393 e. The van der Waals surface area contributed by atoms with E-state index in [9.17, 15) is 4.79 Å². The van der Waals surface area contributed by atoms with E-state index in [1.165, 1.54) is 11.3 Å². The number of fused-ring (bicyclic) bond motifs is 1. The SMILES string of the molecule is COCCN1CCC(NC(=O)Oc2cc3ccccc3n2Cc2cc(-c3ccc(Cl)s3)on2)CC1. The van der Waals surface area contributed by atoms with Crippen molar-refractivity contribution in [2.24, 2.45) is 0 Å². The number of carbonyl (C=O) groups is 1. The van der Waals surface area contributed by atoms with Crippen LogP contribution in [0.2, 0.25) is 4.34 Å². The Morgan fingerprint density at radius 2 is 2.06 bits per heavy atom. The summed E-state index contributed by atoms with van der Waals surface area (Å²) in [4.78, 5) is 16.0. The highest BCUT2D eigenvalue weighted by Crippen LogP contribution is 2.32. The Hall–Kier alpha value is -2.85. The predicted octanol–water partition coefficient (Wildman–Crippen LogP) is 5.26. The van der Waals surface area contributed by atoms with E-state index < -0.39 is 6.09 Å². The molecule has 4 aromatic rings. The third-order valence-electron chi connectivity index (χ3n) is 6.19. The number of halogens is 1. The van der Waals surface area contributed by atoms with Crippen LogP contribution >= 0.6 is 22.9 Å². The molecule has 0 radical (unpaired) electrons. The lowest BCUT2D eigenvalue weighted by Gasteiger charge is -2.31. The van der Waals surface area contributed by atoms with Crippen LogP contribution in [-0.4, -0.2) is 60.1 Å². The zero-order valence-corrected chi connectivity index (χ0v) is 21.0. The van der Waals surface area contributed by atoms with Crippen LogP contribution in [0.5, 0.6) is 5.88 Å². The summed E-state index contributed by atoms with van der Waals surface area (Å²) in [5.74, 6) is 1.12. The standard InChI is InChI=1S/C25H27ClN4O4S/c1-32-13-12-29-10-8-18(9-11-29)27-25(31)33-24-14-17-4-2-3-5-20(17)30(24)16-19-15-21(34-28-19)22-6-7-23(26)35-22/h2-7,14-15,18H,8-13,16H2,1H3,(H,27,31). The van der Waals surface area contributed by atoms with Crippen LogP contribution in [0.4, 0.5) is 4.79 Å². The molecule has 1 aliphatic rings. The number of rotatable bonds is 8. The highest BCUT2D eigenvalue weighted by atomic mass is 35.5. The van der Waals surface area contributed by atoms with Gasteiger partial charge in [0.15, 0.2) is 5.76 Å². The monoisotopic (exact) mass is 514 g/mol. The van der Waals surface area contributed by atoms with Gasteiger partial charge in [-0.3, -0.25) is 0 Å². The molecule has 4 heterocycles. The molecule has 5 rings (SSSR count). The number of likely N-dealkylation sites (tertiary alicyclic amines) is 1. The van der Waals surface area contributed by atoms with Crippen molar-refractivity contribution in [2.45, 2.75) is 25.4 Å². The smallest absolute Gasteiger partial charge is 0.393 e. The quantitative estimate of drug-likeness (QED) is 0.345. The number of ether oxygens (including phenoxy) is 2. The Kier molecular flexibility index (Phi) is 7.38. The maximum atomic E-state index is 12.8. The van der Waals surface area contributed by atoms with E-state index in [4.69, 9.17) is 25.6 Å². The second-order valence-electron chi connectivity index (χ2n) is 8.56. The fraction of sp³-hybridized carbons (Fsp3) is 0.360. The molecule has 10 heteroatoms. The van der Waals surface area contributed by atoms with Gasteiger partial charge in [-0.1, -0.05) is 35.0 Å². The molecule has 35 heavy (non-hydrogen) atoms. The van der Waals surface area contributed by atoms with Crippen LogP contribution in [0.3, 0.4) is 0 Å². The number of methoxy groups -OCH3 is 1. The summed E-state index contributed by atoms with van der Waals surface area (Å²) in [5, 5.41) is 8.24. The third kappa shape index (κ3) is 5.70. The second-order valence-corrected chi connectivity index (χ2v) is 10.3. The number of benzene rings is 1. The number of carbonyl (C=O) groups excluding carboxylic acids is 1. The van der Waals surface area contributed by atoms with Crippen molar-refractivity contribution in [3.63, 3.8) is 0 Å². The average Bonchev–Trinajstić information content (AvgIpc) is 3.58. The second kappa shape index (κ2) is 10.8. The van der Waals surface area contributed by atoms with E-state index in [0.717, 1.165) is 60.6 Å². The van der Waals surface area contributed by atoms with Gasteiger partial charge in [-0.2, -0.15) is 0 Å². The van der Waals surface area contributed by atoms with E-state index in [2.05, 4.69) is 15.4 Å². The zero-order chi connectivity index (χ0) is 24.2. The highest BCUT2D eigenvalue weighted by Gasteiger charge is 2.22. The Morgan fingerprint density at radius 3 is 2.83 bits per heavy atom. The van der Waals surface area contributed by atoms with Gasteiger partial charge in [0, 0.05) is 50.3 Å². The summed E-state index contributed by atoms with van der Waals surface area (Å²) in [6, 6.07) is 15.5. The van der Waals surface area contributed by atoms with Crippen molar-refractivity contribution in [2.75, 3.05) is 33.4 Å². The Balaban J connectivity index is 1.28. The lowest BCUT2D eigenvalue weighted by atomic mass is 10.1. The molecular weight excluding hydrogens is 488 g/mol. The number of amides is 1. The van der Waals surface area contributed by atoms with Gasteiger partial charge < -0.3 is 28.8 Å². The number of hydrogen-bond donors (Lipinski definition) is 1. The Morgan fingerprint density at radius 1 is 1.23 bits per heavy atom. The van der Waals surface area contributed by atoms with Gasteiger partial charge >= 0.3 is 6.09 Å². The van der Waals surface area contributed by atoms with Crippen LogP contribution in [0.25, 0.3) is 21.5 Å². The van der Waals surface area contributed by atoms with Crippen molar-refractivity contribution < 1.29 is 18.8 Å². The van der Waals surface area contributed by atoms with Gasteiger partial charge in [0.2, 0.25) is 5.88 Å². The fourth-order valence-corrected chi connectivity index (χ4v) is 5.35. The first-order chi connectivity index (χ1) is 17.1. The summed E-state index contributed by atoms with van der Waals surface area (Å²) in [7, 11) is 1.71. The van der Waals surface area contributed by atoms with Gasteiger partial charge in [-0.15, -0.1) is 11.3 Å². The molecule has 0 spiro atoms. The number of para-hydroxylation sites is 1. The van der Waals surface area contributed by atoms with Gasteiger partial charge in [-0.25, -0.2) is 4.79 Å². The summed E-state index contributed by atoms with van der Waals surface area (Å²) in [5.41, 5.74) is 1.67. The maximum absolute atomic E-state index is 12.8. The summed E-state index contributed by atoms with van der Waals surface area (Å²) in [6.07, 6.45) is 1.32. The largest absolute Gasteiger partial charge is 0.414 e. The van der Waals surface area contributed by atoms with Crippen molar-refractivity contribution in [3.05, 3.63) is 58.6 Å².